The van der Waals surface area contributed by atoms with Gasteiger partial charge in [-0.25, -0.2) is 8.42 Å². The number of sulfonamides is 1. The molecule has 5 rings (SSSR count). The highest BCUT2D eigenvalue weighted by atomic mass is 35.5. The largest absolute Gasteiger partial charge is 0.457 e. The number of nitrogens with zero attached hydrogens (tertiary/aromatic N) is 2. The lowest BCUT2D eigenvalue weighted by Gasteiger charge is -2.34. The van der Waals surface area contributed by atoms with Crippen LogP contribution in [0.1, 0.15) is 24.5 Å². The van der Waals surface area contributed by atoms with Gasteiger partial charge in [-0.3, -0.25) is 13.9 Å². The fourth-order valence-electron chi connectivity index (χ4n) is 5.26. The molecule has 2 amide bonds. The number of amides is 2. The van der Waals surface area contributed by atoms with Gasteiger partial charge in [-0.2, -0.15) is 0 Å². The lowest BCUT2D eigenvalue weighted by Crippen LogP contribution is -2.53. The maximum atomic E-state index is 14.6. The molecule has 8 nitrogen and oxygen atoms in total. The van der Waals surface area contributed by atoms with Crippen molar-refractivity contribution in [1.29, 1.82) is 0 Å². The van der Waals surface area contributed by atoms with E-state index in [1.54, 1.807) is 66.7 Å². The van der Waals surface area contributed by atoms with Crippen molar-refractivity contribution in [3.05, 3.63) is 156 Å². The molecule has 49 heavy (non-hydrogen) atoms. The lowest BCUT2D eigenvalue weighted by atomic mass is 10.0. The molecule has 5 aromatic rings. The van der Waals surface area contributed by atoms with E-state index >= 15 is 0 Å². The van der Waals surface area contributed by atoms with Crippen molar-refractivity contribution >= 4 is 39.1 Å². The molecule has 5 aromatic carbocycles. The van der Waals surface area contributed by atoms with Crippen LogP contribution in [0.25, 0.3) is 0 Å². The summed E-state index contributed by atoms with van der Waals surface area (Å²) in [6, 6.07) is 39.2. The summed E-state index contributed by atoms with van der Waals surface area (Å²) in [6.07, 6.45) is 0.939. The van der Waals surface area contributed by atoms with E-state index in [0.29, 0.717) is 29.5 Å². The Bertz CT molecular complexity index is 1910. The first-order valence-electron chi connectivity index (χ1n) is 16.0. The predicted molar refractivity (Wildman–Crippen MR) is 193 cm³/mol. The van der Waals surface area contributed by atoms with Gasteiger partial charge in [0.25, 0.3) is 10.0 Å². The van der Waals surface area contributed by atoms with Crippen molar-refractivity contribution in [2.24, 2.45) is 0 Å². The first kappa shape index (κ1) is 35.2. The highest BCUT2D eigenvalue weighted by molar-refractivity contribution is 7.92. The number of halogens is 1. The maximum Gasteiger partial charge on any atom is 0.264 e. The third-order valence-corrected chi connectivity index (χ3v) is 9.84. The smallest absolute Gasteiger partial charge is 0.264 e. The second-order valence-electron chi connectivity index (χ2n) is 11.4. The molecule has 10 heteroatoms. The van der Waals surface area contributed by atoms with Crippen LogP contribution >= 0.6 is 11.6 Å². The van der Waals surface area contributed by atoms with Crippen molar-refractivity contribution in [2.75, 3.05) is 17.4 Å². The molecule has 1 N–H and O–H groups in total. The van der Waals surface area contributed by atoms with Crippen LogP contribution in [-0.2, 0) is 32.6 Å². The first-order chi connectivity index (χ1) is 23.7. The zero-order valence-electron chi connectivity index (χ0n) is 27.1. The average molecular weight is 696 g/mol. The van der Waals surface area contributed by atoms with Crippen molar-refractivity contribution in [3.8, 4) is 11.5 Å². The van der Waals surface area contributed by atoms with Crippen LogP contribution in [0.15, 0.2) is 144 Å². The summed E-state index contributed by atoms with van der Waals surface area (Å²) in [5.41, 5.74) is 1.86. The monoisotopic (exact) mass is 695 g/mol. The lowest BCUT2D eigenvalue weighted by molar-refractivity contribution is -0.140. The Kier molecular flexibility index (Phi) is 12.1. The molecule has 0 aliphatic heterocycles. The van der Waals surface area contributed by atoms with E-state index in [1.807, 2.05) is 67.6 Å². The molecule has 0 heterocycles. The molecule has 0 radical (unpaired) electrons. The summed E-state index contributed by atoms with van der Waals surface area (Å²) < 4.78 is 35.5. The van der Waals surface area contributed by atoms with Crippen molar-refractivity contribution in [3.63, 3.8) is 0 Å². The summed E-state index contributed by atoms with van der Waals surface area (Å²) in [7, 11) is -4.22. The molecule has 0 unspecified atom stereocenters. The molecular weight excluding hydrogens is 658 g/mol. The SMILES string of the molecule is CCCNC(=O)[C@H](Cc1ccccc1)N(Cc1ccc(Cl)cc1)C(=O)CN(c1ccc(Oc2ccccc2)cc1)S(=O)(=O)c1ccccc1. The fourth-order valence-corrected chi connectivity index (χ4v) is 6.82. The van der Waals surface area contributed by atoms with Gasteiger partial charge in [0.15, 0.2) is 0 Å². The standard InChI is InChI=1S/C39H38ClN3O5S/c1-2-26-41-39(45)37(27-30-12-6-3-7-13-30)42(28-31-18-20-32(40)21-19-31)38(44)29-43(49(46,47)36-16-10-5-11-17-36)33-22-24-35(25-23-33)48-34-14-8-4-9-15-34/h3-25,37H,2,26-29H2,1H3,(H,41,45)/t37-/m0/s1. The Labute approximate surface area is 293 Å². The van der Waals surface area contributed by atoms with Crippen LogP contribution in [-0.4, -0.2) is 44.3 Å². The summed E-state index contributed by atoms with van der Waals surface area (Å²) in [6.45, 7) is 1.87. The number of ether oxygens (including phenoxy) is 1. The number of para-hydroxylation sites is 1. The molecule has 0 saturated carbocycles. The van der Waals surface area contributed by atoms with Crippen molar-refractivity contribution < 1.29 is 22.7 Å². The average Bonchev–Trinajstić information content (AvgIpc) is 3.13. The Morgan fingerprint density at radius 3 is 1.92 bits per heavy atom. The number of carbonyl (C=O) groups excluding carboxylic acids is 2. The number of anilines is 1. The third-order valence-electron chi connectivity index (χ3n) is 7.80. The second-order valence-corrected chi connectivity index (χ2v) is 13.7. The van der Waals surface area contributed by atoms with Crippen LogP contribution in [0.5, 0.6) is 11.5 Å². The Balaban J connectivity index is 1.54. The van der Waals surface area contributed by atoms with Gasteiger partial charge in [-0.1, -0.05) is 97.4 Å². The Hall–Kier alpha value is -5.12. The molecule has 0 saturated heterocycles. The number of hydrogen-bond acceptors (Lipinski definition) is 5. The van der Waals surface area contributed by atoms with Gasteiger partial charge < -0.3 is 15.0 Å². The van der Waals surface area contributed by atoms with Gasteiger partial charge in [-0.15, -0.1) is 0 Å². The summed E-state index contributed by atoms with van der Waals surface area (Å²) in [4.78, 5) is 29.9. The number of rotatable bonds is 15. The topological polar surface area (TPSA) is 96.0 Å². The normalized spacial score (nSPS) is 11.7. The van der Waals surface area contributed by atoms with Crippen LogP contribution < -0.4 is 14.4 Å². The quantitative estimate of drug-likeness (QED) is 0.122. The molecule has 252 valence electrons. The van der Waals surface area contributed by atoms with Crippen LogP contribution in [0.4, 0.5) is 5.69 Å². The minimum absolute atomic E-state index is 0.0261. The highest BCUT2D eigenvalue weighted by Crippen LogP contribution is 2.29. The number of carbonyl (C=O) groups is 2. The Morgan fingerprint density at radius 1 is 0.735 bits per heavy atom. The maximum absolute atomic E-state index is 14.6. The molecule has 1 atom stereocenters. The van der Waals surface area contributed by atoms with Gasteiger partial charge in [0, 0.05) is 24.5 Å². The van der Waals surface area contributed by atoms with Crippen LogP contribution in [0, 0.1) is 0 Å². The molecule has 0 aromatic heterocycles. The van der Waals surface area contributed by atoms with E-state index in [4.69, 9.17) is 16.3 Å². The second kappa shape index (κ2) is 16.8. The van der Waals surface area contributed by atoms with Crippen LogP contribution in [0.3, 0.4) is 0 Å². The zero-order valence-corrected chi connectivity index (χ0v) is 28.7. The van der Waals surface area contributed by atoms with Gasteiger partial charge in [0.05, 0.1) is 10.6 Å². The highest BCUT2D eigenvalue weighted by Gasteiger charge is 2.34. The minimum atomic E-state index is -4.22. The Morgan fingerprint density at radius 2 is 1.31 bits per heavy atom. The van der Waals surface area contributed by atoms with E-state index < -0.39 is 28.5 Å². The van der Waals surface area contributed by atoms with Crippen molar-refractivity contribution in [1.82, 2.24) is 10.2 Å². The number of nitrogens with one attached hydrogen (secondary N) is 1. The van der Waals surface area contributed by atoms with Gasteiger partial charge in [0.2, 0.25) is 11.8 Å². The van der Waals surface area contributed by atoms with Gasteiger partial charge in [-0.05, 0) is 78.2 Å². The molecule has 0 spiro atoms. The van der Waals surface area contributed by atoms with Gasteiger partial charge >= 0.3 is 0 Å². The number of benzene rings is 5. The van der Waals surface area contributed by atoms with E-state index in [0.717, 1.165) is 15.4 Å². The summed E-state index contributed by atoms with van der Waals surface area (Å²) in [5, 5.41) is 3.48. The van der Waals surface area contributed by atoms with E-state index in [2.05, 4.69) is 5.32 Å². The van der Waals surface area contributed by atoms with E-state index in [-0.39, 0.29) is 29.5 Å². The fraction of sp³-hybridized carbons (Fsp3) is 0.179. The number of hydrogen-bond donors (Lipinski definition) is 1. The molecule has 0 fully saturated rings. The van der Waals surface area contributed by atoms with Gasteiger partial charge in [0.1, 0.15) is 24.1 Å². The van der Waals surface area contributed by atoms with E-state index in [9.17, 15) is 18.0 Å². The first-order valence-corrected chi connectivity index (χ1v) is 17.8. The van der Waals surface area contributed by atoms with E-state index in [1.165, 1.54) is 17.0 Å². The molecular formula is C39H38ClN3O5S. The summed E-state index contributed by atoms with van der Waals surface area (Å²) >= 11 is 6.16. The zero-order chi connectivity index (χ0) is 34.6. The summed E-state index contributed by atoms with van der Waals surface area (Å²) in [5.74, 6) is 0.251. The van der Waals surface area contributed by atoms with Crippen LogP contribution in [0.2, 0.25) is 5.02 Å². The molecule has 0 aliphatic rings. The van der Waals surface area contributed by atoms with Crippen molar-refractivity contribution in [2.45, 2.75) is 37.2 Å². The predicted octanol–water partition coefficient (Wildman–Crippen LogP) is 7.49. The third kappa shape index (κ3) is 9.49. The molecule has 0 aliphatic carbocycles. The molecule has 0 bridgehead atoms. The minimum Gasteiger partial charge on any atom is -0.457 e.